The first kappa shape index (κ1) is 16.0. The van der Waals surface area contributed by atoms with Gasteiger partial charge in [-0.25, -0.2) is 9.97 Å². The number of nitrogens with two attached hydrogens (primary N) is 1. The number of anilines is 1. The Hall–Kier alpha value is -2.35. The van der Waals surface area contributed by atoms with E-state index in [0.29, 0.717) is 19.0 Å². The van der Waals surface area contributed by atoms with E-state index in [9.17, 15) is 13.2 Å². The second-order valence-corrected chi connectivity index (χ2v) is 4.44. The van der Waals surface area contributed by atoms with Gasteiger partial charge in [0.1, 0.15) is 5.75 Å². The van der Waals surface area contributed by atoms with Crippen LogP contribution in [0, 0.1) is 0 Å². The van der Waals surface area contributed by atoms with Gasteiger partial charge < -0.3 is 15.8 Å². The number of aromatic nitrogens is 2. The van der Waals surface area contributed by atoms with Gasteiger partial charge in [0, 0.05) is 6.54 Å². The summed E-state index contributed by atoms with van der Waals surface area (Å²) < 4.78 is 43.2. The van der Waals surface area contributed by atoms with E-state index in [0.717, 1.165) is 18.6 Å². The van der Waals surface area contributed by atoms with Crippen molar-refractivity contribution in [2.75, 3.05) is 18.4 Å². The van der Waals surface area contributed by atoms with Crippen LogP contribution in [0.5, 0.6) is 11.5 Å². The van der Waals surface area contributed by atoms with Gasteiger partial charge in [0.15, 0.2) is 5.75 Å². The van der Waals surface area contributed by atoms with E-state index in [-0.39, 0.29) is 11.5 Å². The molecule has 5 nitrogen and oxygen atoms in total. The van der Waals surface area contributed by atoms with Crippen molar-refractivity contribution in [3.05, 3.63) is 42.2 Å². The van der Waals surface area contributed by atoms with Crippen LogP contribution in [0.15, 0.2) is 36.7 Å². The maximum Gasteiger partial charge on any atom is 0.416 e. The topological polar surface area (TPSA) is 73.1 Å². The highest BCUT2D eigenvalue weighted by Crippen LogP contribution is 2.32. The molecule has 2 rings (SSSR count). The Kier molecular flexibility index (Phi) is 5.16. The third-order valence-corrected chi connectivity index (χ3v) is 2.69. The quantitative estimate of drug-likeness (QED) is 0.802. The van der Waals surface area contributed by atoms with Crippen molar-refractivity contribution in [1.82, 2.24) is 9.97 Å². The predicted molar refractivity (Wildman–Crippen MR) is 75.7 cm³/mol. The van der Waals surface area contributed by atoms with Gasteiger partial charge in [-0.2, -0.15) is 13.2 Å². The molecule has 0 aliphatic rings. The second-order valence-electron chi connectivity index (χ2n) is 4.44. The largest absolute Gasteiger partial charge is 0.454 e. The van der Waals surface area contributed by atoms with Crippen molar-refractivity contribution in [3.8, 4) is 11.5 Å². The maximum atomic E-state index is 12.6. The van der Waals surface area contributed by atoms with Crippen LogP contribution in [0.3, 0.4) is 0 Å². The number of nitrogens with one attached hydrogen (secondary N) is 1. The zero-order valence-electron chi connectivity index (χ0n) is 11.6. The van der Waals surface area contributed by atoms with Gasteiger partial charge >= 0.3 is 6.18 Å². The van der Waals surface area contributed by atoms with Crippen LogP contribution in [-0.2, 0) is 6.18 Å². The Morgan fingerprint density at radius 3 is 2.50 bits per heavy atom. The van der Waals surface area contributed by atoms with E-state index in [4.69, 9.17) is 10.5 Å². The lowest BCUT2D eigenvalue weighted by Crippen LogP contribution is -2.10. The van der Waals surface area contributed by atoms with E-state index in [1.165, 1.54) is 24.5 Å². The lowest BCUT2D eigenvalue weighted by molar-refractivity contribution is -0.137. The van der Waals surface area contributed by atoms with Crippen molar-refractivity contribution in [2.45, 2.75) is 12.6 Å². The third kappa shape index (κ3) is 4.59. The van der Waals surface area contributed by atoms with Crippen LogP contribution >= 0.6 is 0 Å². The molecule has 118 valence electrons. The molecule has 0 saturated heterocycles. The highest BCUT2D eigenvalue weighted by atomic mass is 19.4. The Morgan fingerprint density at radius 1 is 1.14 bits per heavy atom. The smallest absolute Gasteiger partial charge is 0.416 e. The number of halogens is 3. The summed E-state index contributed by atoms with van der Waals surface area (Å²) in [6, 6.07) is 4.62. The third-order valence-electron chi connectivity index (χ3n) is 2.69. The number of nitrogens with zero attached hydrogens (tertiary/aromatic N) is 2. The van der Waals surface area contributed by atoms with Crippen molar-refractivity contribution in [2.24, 2.45) is 5.73 Å². The molecular weight excluding hydrogens is 297 g/mol. The summed E-state index contributed by atoms with van der Waals surface area (Å²) in [5.74, 6) is 0.732. The van der Waals surface area contributed by atoms with Gasteiger partial charge in [-0.1, -0.05) is 6.07 Å². The lowest BCUT2D eigenvalue weighted by atomic mass is 10.2. The monoisotopic (exact) mass is 312 g/mol. The van der Waals surface area contributed by atoms with Gasteiger partial charge in [0.2, 0.25) is 5.95 Å². The molecule has 1 aromatic heterocycles. The minimum absolute atomic E-state index is 0.0715. The van der Waals surface area contributed by atoms with Gasteiger partial charge in [0.25, 0.3) is 0 Å². The molecule has 1 heterocycles. The molecule has 0 aliphatic heterocycles. The van der Waals surface area contributed by atoms with Crippen LogP contribution in [0.2, 0.25) is 0 Å². The fourth-order valence-electron chi connectivity index (χ4n) is 1.63. The average molecular weight is 312 g/mol. The lowest BCUT2D eigenvalue weighted by Gasteiger charge is -2.10. The molecule has 3 N–H and O–H groups in total. The molecule has 0 amide bonds. The summed E-state index contributed by atoms with van der Waals surface area (Å²) in [7, 11) is 0. The minimum Gasteiger partial charge on any atom is -0.454 e. The molecule has 0 fully saturated rings. The number of ether oxygens (including phenoxy) is 1. The van der Waals surface area contributed by atoms with E-state index in [2.05, 4.69) is 15.3 Å². The Bertz CT molecular complexity index is 602. The van der Waals surface area contributed by atoms with Crippen LogP contribution in [0.4, 0.5) is 19.1 Å². The van der Waals surface area contributed by atoms with E-state index >= 15 is 0 Å². The first-order valence-electron chi connectivity index (χ1n) is 6.60. The molecule has 8 heteroatoms. The Balaban J connectivity index is 2.02. The fraction of sp³-hybridized carbons (Fsp3) is 0.286. The number of hydrogen-bond donors (Lipinski definition) is 2. The van der Waals surface area contributed by atoms with Crippen LogP contribution in [0.25, 0.3) is 0 Å². The van der Waals surface area contributed by atoms with Crippen LogP contribution in [0.1, 0.15) is 12.0 Å². The van der Waals surface area contributed by atoms with Crippen LogP contribution < -0.4 is 15.8 Å². The molecule has 22 heavy (non-hydrogen) atoms. The predicted octanol–water partition coefficient (Wildman–Crippen LogP) is 3.05. The molecule has 0 spiro atoms. The maximum absolute atomic E-state index is 12.6. The van der Waals surface area contributed by atoms with Crippen molar-refractivity contribution in [3.63, 3.8) is 0 Å². The summed E-state index contributed by atoms with van der Waals surface area (Å²) in [6.45, 7) is 1.20. The molecule has 0 bridgehead atoms. The summed E-state index contributed by atoms with van der Waals surface area (Å²) >= 11 is 0. The van der Waals surface area contributed by atoms with Gasteiger partial charge in [-0.3, -0.25) is 0 Å². The van der Waals surface area contributed by atoms with E-state index in [1.54, 1.807) is 0 Å². The highest BCUT2D eigenvalue weighted by molar-refractivity contribution is 5.34. The van der Waals surface area contributed by atoms with Gasteiger partial charge in [-0.15, -0.1) is 0 Å². The summed E-state index contributed by atoms with van der Waals surface area (Å²) in [4.78, 5) is 8.02. The molecule has 0 unspecified atom stereocenters. The molecular formula is C14H15F3N4O. The number of benzene rings is 1. The fourth-order valence-corrected chi connectivity index (χ4v) is 1.63. The van der Waals surface area contributed by atoms with Gasteiger partial charge in [-0.05, 0) is 31.2 Å². The first-order chi connectivity index (χ1) is 10.5. The molecule has 1 aromatic carbocycles. The van der Waals surface area contributed by atoms with Crippen molar-refractivity contribution < 1.29 is 17.9 Å². The number of alkyl halides is 3. The molecule has 0 radical (unpaired) electrons. The Morgan fingerprint density at radius 2 is 1.86 bits per heavy atom. The summed E-state index contributed by atoms with van der Waals surface area (Å²) in [6.07, 6.45) is -0.853. The summed E-state index contributed by atoms with van der Waals surface area (Å²) in [5, 5.41) is 2.96. The summed E-state index contributed by atoms with van der Waals surface area (Å²) in [5.41, 5.74) is 4.59. The SMILES string of the molecule is NCCCNc1ncc(Oc2cccc(C(F)(F)F)c2)cn1. The second kappa shape index (κ2) is 7.08. The Labute approximate surface area is 125 Å². The first-order valence-corrected chi connectivity index (χ1v) is 6.60. The van der Waals surface area contributed by atoms with E-state index in [1.807, 2.05) is 0 Å². The average Bonchev–Trinajstić information content (AvgIpc) is 2.49. The molecule has 0 atom stereocenters. The zero-order valence-corrected chi connectivity index (χ0v) is 11.6. The minimum atomic E-state index is -4.41. The molecule has 2 aromatic rings. The van der Waals surface area contributed by atoms with Crippen molar-refractivity contribution in [1.29, 1.82) is 0 Å². The van der Waals surface area contributed by atoms with Gasteiger partial charge in [0.05, 0.1) is 18.0 Å². The zero-order chi connectivity index (χ0) is 16.0. The molecule has 0 saturated carbocycles. The normalized spacial score (nSPS) is 11.3. The highest BCUT2D eigenvalue weighted by Gasteiger charge is 2.30. The van der Waals surface area contributed by atoms with Crippen LogP contribution in [-0.4, -0.2) is 23.1 Å². The number of hydrogen-bond acceptors (Lipinski definition) is 5. The number of rotatable bonds is 6. The van der Waals surface area contributed by atoms with E-state index < -0.39 is 11.7 Å². The molecule has 0 aliphatic carbocycles. The standard InChI is InChI=1S/C14H15F3N4O/c15-14(16,17)10-3-1-4-11(7-10)22-12-8-20-13(21-9-12)19-6-2-5-18/h1,3-4,7-9H,2,5-6,18H2,(H,19,20,21). The van der Waals surface area contributed by atoms with Crippen molar-refractivity contribution >= 4 is 5.95 Å².